The SMILES string of the molecule is COc1ccc(CN2C[C@@H]3C(c4c(F)cc(N5C[C@H](CO)OC5=O)cc4F)[C@@H]3C2)cc1. The van der Waals surface area contributed by atoms with Gasteiger partial charge in [-0.05, 0) is 47.6 Å². The zero-order valence-electron chi connectivity index (χ0n) is 17.1. The van der Waals surface area contributed by atoms with Gasteiger partial charge < -0.3 is 14.6 Å². The van der Waals surface area contributed by atoms with Gasteiger partial charge in [0.05, 0.1) is 25.9 Å². The molecule has 31 heavy (non-hydrogen) atoms. The van der Waals surface area contributed by atoms with Gasteiger partial charge in [0.25, 0.3) is 0 Å². The minimum atomic E-state index is -0.705. The Morgan fingerprint density at radius 3 is 2.29 bits per heavy atom. The predicted octanol–water partition coefficient (Wildman–Crippen LogP) is 3.14. The molecule has 1 aliphatic carbocycles. The zero-order chi connectivity index (χ0) is 21.7. The fourth-order valence-corrected chi connectivity index (χ4v) is 5.03. The normalized spacial score (nSPS) is 27.4. The Kier molecular flexibility index (Phi) is 5.06. The quantitative estimate of drug-likeness (QED) is 0.763. The first-order chi connectivity index (χ1) is 15.0. The van der Waals surface area contributed by atoms with E-state index in [0.29, 0.717) is 0 Å². The number of piperidine rings is 1. The Bertz CT molecular complexity index is 965. The van der Waals surface area contributed by atoms with Crippen LogP contribution in [0.2, 0.25) is 0 Å². The number of hydrogen-bond donors (Lipinski definition) is 1. The van der Waals surface area contributed by atoms with Crippen molar-refractivity contribution in [2.45, 2.75) is 18.6 Å². The second-order valence-electron chi connectivity index (χ2n) is 8.52. The van der Waals surface area contributed by atoms with Gasteiger partial charge in [0, 0.05) is 25.2 Å². The molecule has 1 amide bonds. The van der Waals surface area contributed by atoms with Gasteiger partial charge in [-0.25, -0.2) is 13.6 Å². The number of halogens is 2. The van der Waals surface area contributed by atoms with Gasteiger partial charge in [0.1, 0.15) is 23.5 Å². The summed E-state index contributed by atoms with van der Waals surface area (Å²) in [6.45, 7) is 2.15. The maximum atomic E-state index is 14.9. The lowest BCUT2D eigenvalue weighted by atomic mass is 10.0. The number of aliphatic hydroxyl groups is 1. The Labute approximate surface area is 179 Å². The Morgan fingerprint density at radius 2 is 1.74 bits per heavy atom. The maximum Gasteiger partial charge on any atom is 0.414 e. The van der Waals surface area contributed by atoms with Gasteiger partial charge >= 0.3 is 6.09 Å². The van der Waals surface area contributed by atoms with E-state index in [9.17, 15) is 13.6 Å². The fraction of sp³-hybridized carbons (Fsp3) is 0.435. The number of rotatable bonds is 6. The van der Waals surface area contributed by atoms with E-state index in [1.165, 1.54) is 17.7 Å². The molecule has 2 saturated heterocycles. The third kappa shape index (κ3) is 3.64. The molecule has 2 aromatic carbocycles. The van der Waals surface area contributed by atoms with E-state index in [-0.39, 0.29) is 42.2 Å². The molecule has 2 aromatic rings. The van der Waals surface area contributed by atoms with Crippen LogP contribution >= 0.6 is 0 Å². The number of aliphatic hydroxyl groups excluding tert-OH is 1. The van der Waals surface area contributed by atoms with Crippen molar-refractivity contribution in [3.63, 3.8) is 0 Å². The van der Waals surface area contributed by atoms with E-state index in [4.69, 9.17) is 14.6 Å². The number of benzene rings is 2. The van der Waals surface area contributed by atoms with Crippen LogP contribution in [0.3, 0.4) is 0 Å². The largest absolute Gasteiger partial charge is 0.497 e. The molecule has 164 valence electrons. The molecule has 3 aliphatic rings. The zero-order valence-corrected chi connectivity index (χ0v) is 17.1. The van der Waals surface area contributed by atoms with E-state index in [1.54, 1.807) is 7.11 Å². The van der Waals surface area contributed by atoms with Crippen molar-refractivity contribution >= 4 is 11.8 Å². The highest BCUT2D eigenvalue weighted by atomic mass is 19.1. The van der Waals surface area contributed by atoms with E-state index in [0.717, 1.165) is 30.3 Å². The lowest BCUT2D eigenvalue weighted by Gasteiger charge is -2.21. The molecule has 0 aromatic heterocycles. The molecular formula is C23H24F2N2O4. The number of anilines is 1. The van der Waals surface area contributed by atoms with Crippen LogP contribution in [0.15, 0.2) is 36.4 Å². The van der Waals surface area contributed by atoms with Crippen LogP contribution in [0.5, 0.6) is 5.75 Å². The van der Waals surface area contributed by atoms with Crippen LogP contribution in [0.1, 0.15) is 17.0 Å². The van der Waals surface area contributed by atoms with Gasteiger partial charge in [-0.2, -0.15) is 0 Å². The van der Waals surface area contributed by atoms with Crippen LogP contribution in [-0.4, -0.2) is 55.6 Å². The first-order valence-electron chi connectivity index (χ1n) is 10.4. The summed E-state index contributed by atoms with van der Waals surface area (Å²) >= 11 is 0. The average molecular weight is 430 g/mol. The third-order valence-electron chi connectivity index (χ3n) is 6.62. The number of nitrogens with zero attached hydrogens (tertiary/aromatic N) is 2. The first kappa shape index (κ1) is 20.2. The van der Waals surface area contributed by atoms with Crippen molar-refractivity contribution in [2.75, 3.05) is 38.3 Å². The molecule has 0 bridgehead atoms. The van der Waals surface area contributed by atoms with Crippen molar-refractivity contribution in [1.82, 2.24) is 4.90 Å². The van der Waals surface area contributed by atoms with Gasteiger partial charge in [-0.15, -0.1) is 0 Å². The third-order valence-corrected chi connectivity index (χ3v) is 6.62. The molecule has 2 aliphatic heterocycles. The molecule has 1 N–H and O–H groups in total. The second kappa shape index (κ2) is 7.76. The van der Waals surface area contributed by atoms with E-state index in [2.05, 4.69) is 4.90 Å². The van der Waals surface area contributed by atoms with Crippen molar-refractivity contribution in [3.8, 4) is 5.75 Å². The molecule has 0 spiro atoms. The van der Waals surface area contributed by atoms with Gasteiger partial charge in [0.2, 0.25) is 0 Å². The molecule has 8 heteroatoms. The van der Waals surface area contributed by atoms with E-state index in [1.807, 2.05) is 24.3 Å². The lowest BCUT2D eigenvalue weighted by molar-refractivity contribution is 0.0963. The Balaban J connectivity index is 1.25. The number of carbonyl (C=O) groups excluding carboxylic acids is 1. The maximum absolute atomic E-state index is 14.9. The van der Waals surface area contributed by atoms with Crippen molar-refractivity contribution in [1.29, 1.82) is 0 Å². The van der Waals surface area contributed by atoms with Crippen LogP contribution in [0.4, 0.5) is 19.3 Å². The average Bonchev–Trinajstić information content (AvgIpc) is 3.08. The molecular weight excluding hydrogens is 406 g/mol. The number of cyclic esters (lactones) is 1. The molecule has 1 unspecified atom stereocenters. The number of methoxy groups -OCH3 is 1. The first-order valence-corrected chi connectivity index (χ1v) is 10.4. The number of likely N-dealkylation sites (tertiary alicyclic amines) is 1. The van der Waals surface area contributed by atoms with Crippen LogP contribution in [0, 0.1) is 23.5 Å². The Morgan fingerprint density at radius 1 is 1.10 bits per heavy atom. The van der Waals surface area contributed by atoms with Crippen molar-refractivity contribution in [2.24, 2.45) is 11.8 Å². The monoisotopic (exact) mass is 430 g/mol. The highest BCUT2D eigenvalue weighted by Crippen LogP contribution is 2.59. The predicted molar refractivity (Wildman–Crippen MR) is 109 cm³/mol. The minimum Gasteiger partial charge on any atom is -0.497 e. The molecule has 5 rings (SSSR count). The summed E-state index contributed by atoms with van der Waals surface area (Å²) in [7, 11) is 1.64. The van der Waals surface area contributed by atoms with Crippen molar-refractivity contribution < 1.29 is 28.2 Å². The van der Waals surface area contributed by atoms with Crippen LogP contribution in [-0.2, 0) is 11.3 Å². The molecule has 1 saturated carbocycles. The van der Waals surface area contributed by atoms with E-state index >= 15 is 0 Å². The number of fused-ring (bicyclic) bond motifs is 1. The molecule has 4 atom stereocenters. The summed E-state index contributed by atoms with van der Waals surface area (Å²) < 4.78 is 39.9. The summed E-state index contributed by atoms with van der Waals surface area (Å²) in [6, 6.07) is 10.3. The fourth-order valence-electron chi connectivity index (χ4n) is 5.03. The lowest BCUT2D eigenvalue weighted by Crippen LogP contribution is -2.26. The molecule has 3 fully saturated rings. The smallest absolute Gasteiger partial charge is 0.414 e. The summed E-state index contributed by atoms with van der Waals surface area (Å²) in [4.78, 5) is 15.4. The molecule has 0 radical (unpaired) electrons. The standard InChI is InChI=1S/C23H24F2N2O4/c1-30-15-4-2-13(3-5-15)8-26-10-17-18(11-26)21(17)22-19(24)6-14(7-20(22)25)27-9-16(12-28)31-23(27)29/h2-7,16-18,21,28H,8-12H2,1H3/t16-,17-,18+,21?/m1/s1. The molecule has 6 nitrogen and oxygen atoms in total. The summed E-state index contributed by atoms with van der Waals surface area (Å²) in [5.74, 6) is -0.0895. The number of carbonyl (C=O) groups is 1. The Hall–Kier alpha value is -2.71. The number of hydrogen-bond acceptors (Lipinski definition) is 5. The molecule has 2 heterocycles. The van der Waals surface area contributed by atoms with Gasteiger partial charge in [-0.3, -0.25) is 9.80 Å². The highest BCUT2D eigenvalue weighted by Gasteiger charge is 2.57. The summed E-state index contributed by atoms with van der Waals surface area (Å²) in [5.41, 5.74) is 1.42. The van der Waals surface area contributed by atoms with Gasteiger partial charge in [0.15, 0.2) is 0 Å². The summed E-state index contributed by atoms with van der Waals surface area (Å²) in [6.07, 6.45) is -1.39. The van der Waals surface area contributed by atoms with E-state index < -0.39 is 23.8 Å². The topological polar surface area (TPSA) is 62.2 Å². The van der Waals surface area contributed by atoms with Crippen molar-refractivity contribution in [3.05, 3.63) is 59.2 Å². The number of amides is 1. The van der Waals surface area contributed by atoms with Crippen LogP contribution < -0.4 is 9.64 Å². The number of ether oxygens (including phenoxy) is 2. The van der Waals surface area contributed by atoms with Crippen LogP contribution in [0.25, 0.3) is 0 Å². The highest BCUT2D eigenvalue weighted by molar-refractivity contribution is 5.89. The second-order valence-corrected chi connectivity index (χ2v) is 8.52. The summed E-state index contributed by atoms with van der Waals surface area (Å²) in [5, 5.41) is 9.15. The van der Waals surface area contributed by atoms with Gasteiger partial charge in [-0.1, -0.05) is 12.1 Å². The minimum absolute atomic E-state index is 0.0720.